The lowest BCUT2D eigenvalue weighted by Gasteiger charge is -1.99. The molecular formula is C17H13N3O3S3. The summed E-state index contributed by atoms with van der Waals surface area (Å²) in [6.07, 6.45) is 1.17. The van der Waals surface area contributed by atoms with E-state index in [-0.39, 0.29) is 10.8 Å². The van der Waals surface area contributed by atoms with Gasteiger partial charge in [0.1, 0.15) is 0 Å². The van der Waals surface area contributed by atoms with Crippen LogP contribution < -0.4 is 4.80 Å². The summed E-state index contributed by atoms with van der Waals surface area (Å²) in [5, 5.41) is 0. The summed E-state index contributed by atoms with van der Waals surface area (Å²) < 4.78 is 26.9. The summed E-state index contributed by atoms with van der Waals surface area (Å²) in [5.41, 5.74) is 3.91. The van der Waals surface area contributed by atoms with Crippen LogP contribution in [-0.4, -0.2) is 30.1 Å². The first-order valence-corrected chi connectivity index (χ1v) is 11.1. The molecule has 0 N–H and O–H groups in total. The van der Waals surface area contributed by atoms with Gasteiger partial charge in [-0.05, 0) is 36.4 Å². The van der Waals surface area contributed by atoms with Crippen molar-refractivity contribution in [3.63, 3.8) is 0 Å². The van der Waals surface area contributed by atoms with Crippen molar-refractivity contribution in [3.8, 4) is 0 Å². The number of carbonyl (C=O) groups is 1. The summed E-state index contributed by atoms with van der Waals surface area (Å²) >= 11 is 2.76. The topological polar surface area (TPSA) is 81.4 Å². The number of fused-ring (bicyclic) bond motifs is 2. The van der Waals surface area contributed by atoms with Crippen LogP contribution in [0.4, 0.5) is 0 Å². The normalized spacial score (nSPS) is 12.9. The van der Waals surface area contributed by atoms with E-state index in [9.17, 15) is 13.2 Å². The minimum absolute atomic E-state index is 0.250. The third kappa shape index (κ3) is 2.98. The van der Waals surface area contributed by atoms with E-state index in [1.54, 1.807) is 53.5 Å². The Hall–Kier alpha value is -2.36. The molecule has 0 radical (unpaired) electrons. The second-order valence-corrected chi connectivity index (χ2v) is 9.71. The van der Waals surface area contributed by atoms with Crippen molar-refractivity contribution in [2.45, 2.75) is 4.90 Å². The summed E-state index contributed by atoms with van der Waals surface area (Å²) in [4.78, 5) is 21.7. The molecule has 0 fully saturated rings. The molecule has 0 atom stereocenters. The Morgan fingerprint density at radius 2 is 1.96 bits per heavy atom. The Morgan fingerprint density at radius 1 is 1.15 bits per heavy atom. The molecule has 0 saturated carbocycles. The monoisotopic (exact) mass is 403 g/mol. The Kier molecular flexibility index (Phi) is 4.02. The van der Waals surface area contributed by atoms with Crippen LogP contribution in [0, 0.1) is 0 Å². The Labute approximate surface area is 157 Å². The molecule has 1 amide bonds. The van der Waals surface area contributed by atoms with E-state index in [4.69, 9.17) is 0 Å². The molecule has 2 aromatic carbocycles. The summed E-state index contributed by atoms with van der Waals surface area (Å²) in [5.74, 6) is -0.342. The van der Waals surface area contributed by atoms with Gasteiger partial charge in [-0.3, -0.25) is 4.79 Å². The lowest BCUT2D eigenvalue weighted by atomic mass is 10.2. The lowest BCUT2D eigenvalue weighted by Crippen LogP contribution is -2.13. The van der Waals surface area contributed by atoms with Gasteiger partial charge in [-0.1, -0.05) is 11.3 Å². The van der Waals surface area contributed by atoms with Crippen LogP contribution in [0.1, 0.15) is 10.4 Å². The quantitative estimate of drug-likeness (QED) is 0.515. The number of hydrogen-bond acceptors (Lipinski definition) is 6. The predicted molar refractivity (Wildman–Crippen MR) is 103 cm³/mol. The number of sulfone groups is 1. The van der Waals surface area contributed by atoms with Gasteiger partial charge in [-0.15, -0.1) is 11.3 Å². The third-order valence-corrected chi connectivity index (χ3v) is 6.98. The highest BCUT2D eigenvalue weighted by Gasteiger charge is 2.12. The molecule has 2 heterocycles. The van der Waals surface area contributed by atoms with Gasteiger partial charge in [0.2, 0.25) is 0 Å². The van der Waals surface area contributed by atoms with Crippen LogP contribution in [-0.2, 0) is 16.9 Å². The van der Waals surface area contributed by atoms with Gasteiger partial charge in [0.25, 0.3) is 5.91 Å². The molecular weight excluding hydrogens is 390 g/mol. The fourth-order valence-corrected chi connectivity index (χ4v) is 5.09. The van der Waals surface area contributed by atoms with Crippen LogP contribution in [0.2, 0.25) is 0 Å². The van der Waals surface area contributed by atoms with E-state index < -0.39 is 9.84 Å². The smallest absolute Gasteiger partial charge is 0.279 e. The summed E-state index contributed by atoms with van der Waals surface area (Å²) in [6.45, 7) is 0. The maximum absolute atomic E-state index is 12.5. The van der Waals surface area contributed by atoms with Crippen LogP contribution >= 0.6 is 22.7 Å². The second-order valence-electron chi connectivity index (χ2n) is 5.80. The zero-order valence-corrected chi connectivity index (χ0v) is 16.3. The largest absolute Gasteiger partial charge is 0.319 e. The Balaban J connectivity index is 1.81. The predicted octanol–water partition coefficient (Wildman–Crippen LogP) is 2.99. The van der Waals surface area contributed by atoms with Crippen molar-refractivity contribution in [1.82, 2.24) is 9.55 Å². The van der Waals surface area contributed by atoms with Gasteiger partial charge in [0.15, 0.2) is 14.6 Å². The number of benzene rings is 2. The van der Waals surface area contributed by atoms with E-state index in [0.29, 0.717) is 10.4 Å². The van der Waals surface area contributed by atoms with E-state index in [2.05, 4.69) is 9.98 Å². The molecule has 0 bridgehead atoms. The number of carbonyl (C=O) groups excluding carboxylic acids is 1. The zero-order chi connectivity index (χ0) is 18.5. The highest BCUT2D eigenvalue weighted by Crippen LogP contribution is 2.22. The van der Waals surface area contributed by atoms with Crippen molar-refractivity contribution in [3.05, 3.63) is 52.3 Å². The average Bonchev–Trinajstić information content (AvgIpc) is 3.18. The maximum atomic E-state index is 12.5. The average molecular weight is 404 g/mol. The number of aromatic nitrogens is 2. The lowest BCUT2D eigenvalue weighted by molar-refractivity contribution is 0.0998. The van der Waals surface area contributed by atoms with Crippen LogP contribution in [0.15, 0.2) is 51.8 Å². The molecule has 0 saturated heterocycles. The maximum Gasteiger partial charge on any atom is 0.279 e. The SMILES string of the molecule is Cn1c(=NC(=O)c2ccc3ncsc3c2)sc2cc(S(C)(=O)=O)ccc21. The van der Waals surface area contributed by atoms with E-state index in [1.165, 1.54) is 28.9 Å². The van der Waals surface area contributed by atoms with Crippen LogP contribution in [0.5, 0.6) is 0 Å². The van der Waals surface area contributed by atoms with Gasteiger partial charge in [0, 0.05) is 18.9 Å². The molecule has 6 nitrogen and oxygen atoms in total. The standard InChI is InChI=1S/C17H13N3O3S3/c1-20-13-6-4-11(26(2,22)23)8-15(13)25-17(20)19-16(21)10-3-5-12-14(7-10)24-9-18-12/h3-9H,1-2H3. The number of aryl methyl sites for hydroxylation is 1. The highest BCUT2D eigenvalue weighted by molar-refractivity contribution is 7.90. The molecule has 0 aliphatic carbocycles. The zero-order valence-electron chi connectivity index (χ0n) is 13.8. The van der Waals surface area contributed by atoms with E-state index in [0.717, 1.165) is 20.4 Å². The van der Waals surface area contributed by atoms with Gasteiger partial charge >= 0.3 is 0 Å². The molecule has 0 aliphatic heterocycles. The molecule has 26 heavy (non-hydrogen) atoms. The van der Waals surface area contributed by atoms with Gasteiger partial charge in [0.05, 0.1) is 30.8 Å². The molecule has 0 aliphatic rings. The van der Waals surface area contributed by atoms with Crippen molar-refractivity contribution in [1.29, 1.82) is 0 Å². The van der Waals surface area contributed by atoms with Crippen molar-refractivity contribution in [2.24, 2.45) is 12.0 Å². The van der Waals surface area contributed by atoms with Gasteiger partial charge in [-0.2, -0.15) is 4.99 Å². The minimum atomic E-state index is -3.28. The first kappa shape index (κ1) is 17.1. The minimum Gasteiger partial charge on any atom is -0.319 e. The number of rotatable bonds is 2. The molecule has 2 aromatic heterocycles. The number of amides is 1. The summed E-state index contributed by atoms with van der Waals surface area (Å²) in [7, 11) is -1.48. The fourth-order valence-electron chi connectivity index (χ4n) is 2.59. The van der Waals surface area contributed by atoms with Gasteiger partial charge < -0.3 is 4.57 Å². The molecule has 0 spiro atoms. The molecule has 0 unspecified atom stereocenters. The first-order chi connectivity index (χ1) is 12.3. The van der Waals surface area contributed by atoms with Crippen molar-refractivity contribution in [2.75, 3.05) is 6.26 Å². The van der Waals surface area contributed by atoms with Crippen molar-refractivity contribution >= 4 is 58.9 Å². The highest BCUT2D eigenvalue weighted by atomic mass is 32.2. The second kappa shape index (κ2) is 6.11. The Morgan fingerprint density at radius 3 is 2.73 bits per heavy atom. The third-order valence-electron chi connectivity index (χ3n) is 3.98. The van der Waals surface area contributed by atoms with Gasteiger partial charge in [-0.25, -0.2) is 13.4 Å². The molecule has 9 heteroatoms. The molecule has 4 rings (SSSR count). The summed E-state index contributed by atoms with van der Waals surface area (Å²) in [6, 6.07) is 10.2. The number of nitrogens with zero attached hydrogens (tertiary/aromatic N) is 3. The molecule has 4 aromatic rings. The number of hydrogen-bond donors (Lipinski definition) is 0. The molecule has 132 valence electrons. The number of thiazole rings is 2. The van der Waals surface area contributed by atoms with Crippen LogP contribution in [0.3, 0.4) is 0 Å². The first-order valence-electron chi connectivity index (χ1n) is 7.55. The van der Waals surface area contributed by atoms with E-state index in [1.807, 2.05) is 0 Å². The Bertz CT molecular complexity index is 1340. The fraction of sp³-hybridized carbons (Fsp3) is 0.118. The van der Waals surface area contributed by atoms with Crippen LogP contribution in [0.25, 0.3) is 20.4 Å². The van der Waals surface area contributed by atoms with Crippen molar-refractivity contribution < 1.29 is 13.2 Å². The van der Waals surface area contributed by atoms with E-state index >= 15 is 0 Å².